The summed E-state index contributed by atoms with van der Waals surface area (Å²) < 4.78 is 18.7. The van der Waals surface area contributed by atoms with Crippen LogP contribution in [-0.4, -0.2) is 38.2 Å². The van der Waals surface area contributed by atoms with E-state index in [1.807, 2.05) is 12.1 Å². The lowest BCUT2D eigenvalue weighted by Gasteiger charge is -2.36. The van der Waals surface area contributed by atoms with Gasteiger partial charge in [0.25, 0.3) is 0 Å². The molecule has 1 atom stereocenters. The van der Waals surface area contributed by atoms with Crippen LogP contribution in [0, 0.1) is 11.7 Å². The van der Waals surface area contributed by atoms with Crippen LogP contribution in [0.15, 0.2) is 18.2 Å². The Hall–Kier alpha value is -0.840. The van der Waals surface area contributed by atoms with Gasteiger partial charge in [0, 0.05) is 32.2 Å². The molecule has 0 spiro atoms. The molecule has 1 aromatic carbocycles. The van der Waals surface area contributed by atoms with Crippen LogP contribution < -0.4 is 10.1 Å². The van der Waals surface area contributed by atoms with Crippen molar-refractivity contribution < 1.29 is 9.13 Å². The zero-order valence-electron chi connectivity index (χ0n) is 13.1. The Labute approximate surface area is 133 Å². The quantitative estimate of drug-likeness (QED) is 0.902. The molecule has 21 heavy (non-hydrogen) atoms. The molecule has 1 N–H and O–H groups in total. The summed E-state index contributed by atoms with van der Waals surface area (Å²) in [6.07, 6.45) is 1.08. The summed E-state index contributed by atoms with van der Waals surface area (Å²) in [6.45, 7) is 8.58. The lowest BCUT2D eigenvalue weighted by Crippen LogP contribution is -2.45. The number of rotatable bonds is 5. The number of nitrogens with zero attached hydrogens (tertiary/aromatic N) is 1. The van der Waals surface area contributed by atoms with Crippen molar-refractivity contribution in [3.63, 3.8) is 0 Å². The predicted molar refractivity (Wildman–Crippen MR) is 86.8 cm³/mol. The molecule has 1 fully saturated rings. The molecule has 0 aliphatic carbocycles. The van der Waals surface area contributed by atoms with E-state index in [2.05, 4.69) is 24.1 Å². The minimum Gasteiger partial charge on any atom is -0.494 e. The second kappa shape index (κ2) is 8.57. The Morgan fingerprint density at radius 3 is 2.52 bits per heavy atom. The van der Waals surface area contributed by atoms with E-state index in [1.54, 1.807) is 0 Å². The highest BCUT2D eigenvalue weighted by atomic mass is 35.5. The Kier molecular flexibility index (Phi) is 7.43. The molecule has 0 unspecified atom stereocenters. The van der Waals surface area contributed by atoms with Crippen LogP contribution in [0.1, 0.15) is 31.9 Å². The topological polar surface area (TPSA) is 24.5 Å². The van der Waals surface area contributed by atoms with Gasteiger partial charge in [0.05, 0.1) is 7.11 Å². The van der Waals surface area contributed by atoms with Crippen molar-refractivity contribution in [3.8, 4) is 5.75 Å². The zero-order valence-corrected chi connectivity index (χ0v) is 13.9. The van der Waals surface area contributed by atoms with Gasteiger partial charge < -0.3 is 10.1 Å². The second-order valence-corrected chi connectivity index (χ2v) is 5.83. The SMILES string of the molecule is COc1cc([C@@H](CC(C)C)N2CCNCC2)ccc1F.Cl. The minimum absolute atomic E-state index is 0. The first-order valence-corrected chi connectivity index (χ1v) is 7.40. The van der Waals surface area contributed by atoms with Crippen molar-refractivity contribution in [1.29, 1.82) is 0 Å². The maximum atomic E-state index is 13.6. The summed E-state index contributed by atoms with van der Waals surface area (Å²) in [5.41, 5.74) is 1.15. The number of methoxy groups -OCH3 is 1. The first kappa shape index (κ1) is 18.2. The summed E-state index contributed by atoms with van der Waals surface area (Å²) >= 11 is 0. The standard InChI is InChI=1S/C16H25FN2O.ClH/c1-12(2)10-15(19-8-6-18-7-9-19)13-4-5-14(17)16(11-13)20-3;/h4-5,11-12,15,18H,6-10H2,1-3H3;1H/t15-;/m1./s1. The number of nitrogens with one attached hydrogen (secondary N) is 1. The summed E-state index contributed by atoms with van der Waals surface area (Å²) in [7, 11) is 1.52. The average Bonchev–Trinajstić information content (AvgIpc) is 2.46. The van der Waals surface area contributed by atoms with Crippen molar-refractivity contribution in [2.24, 2.45) is 5.92 Å². The molecule has 2 rings (SSSR count). The fraction of sp³-hybridized carbons (Fsp3) is 0.625. The zero-order chi connectivity index (χ0) is 14.5. The number of benzene rings is 1. The highest BCUT2D eigenvalue weighted by Gasteiger charge is 2.23. The molecule has 0 amide bonds. The molecular weight excluding hydrogens is 291 g/mol. The summed E-state index contributed by atoms with van der Waals surface area (Å²) in [6, 6.07) is 5.60. The van der Waals surface area contributed by atoms with Gasteiger partial charge in [0.15, 0.2) is 11.6 Å². The minimum atomic E-state index is -0.292. The van der Waals surface area contributed by atoms with Gasteiger partial charge in [-0.1, -0.05) is 19.9 Å². The van der Waals surface area contributed by atoms with Crippen LogP contribution in [-0.2, 0) is 0 Å². The predicted octanol–water partition coefficient (Wildman–Crippen LogP) is 3.25. The first-order valence-electron chi connectivity index (χ1n) is 7.40. The van der Waals surface area contributed by atoms with Gasteiger partial charge in [0.2, 0.25) is 0 Å². The van der Waals surface area contributed by atoms with Crippen molar-refractivity contribution in [3.05, 3.63) is 29.6 Å². The van der Waals surface area contributed by atoms with Gasteiger partial charge in [-0.15, -0.1) is 12.4 Å². The Morgan fingerprint density at radius 1 is 1.29 bits per heavy atom. The maximum Gasteiger partial charge on any atom is 0.165 e. The highest BCUT2D eigenvalue weighted by Crippen LogP contribution is 2.31. The van der Waals surface area contributed by atoms with E-state index in [0.29, 0.717) is 17.7 Å². The van der Waals surface area contributed by atoms with E-state index in [4.69, 9.17) is 4.74 Å². The van der Waals surface area contributed by atoms with Crippen molar-refractivity contribution >= 4 is 12.4 Å². The van der Waals surface area contributed by atoms with Gasteiger partial charge in [-0.2, -0.15) is 0 Å². The average molecular weight is 317 g/mol. The van der Waals surface area contributed by atoms with Crippen molar-refractivity contribution in [1.82, 2.24) is 10.2 Å². The van der Waals surface area contributed by atoms with E-state index >= 15 is 0 Å². The number of hydrogen-bond acceptors (Lipinski definition) is 3. The molecule has 5 heteroatoms. The lowest BCUT2D eigenvalue weighted by molar-refractivity contribution is 0.153. The van der Waals surface area contributed by atoms with Crippen LogP contribution in [0.3, 0.4) is 0 Å². The van der Waals surface area contributed by atoms with Crippen LogP contribution in [0.25, 0.3) is 0 Å². The van der Waals surface area contributed by atoms with Crippen LogP contribution >= 0.6 is 12.4 Å². The van der Waals surface area contributed by atoms with Crippen LogP contribution in [0.2, 0.25) is 0 Å². The fourth-order valence-electron chi connectivity index (χ4n) is 2.82. The molecule has 1 saturated heterocycles. The van der Waals surface area contributed by atoms with E-state index in [-0.39, 0.29) is 18.2 Å². The van der Waals surface area contributed by atoms with E-state index in [9.17, 15) is 4.39 Å². The van der Waals surface area contributed by atoms with Gasteiger partial charge in [0.1, 0.15) is 0 Å². The number of piperazine rings is 1. The summed E-state index contributed by atoms with van der Waals surface area (Å²) in [5.74, 6) is 0.650. The molecule has 0 bridgehead atoms. The van der Waals surface area contributed by atoms with Gasteiger partial charge >= 0.3 is 0 Å². The first-order chi connectivity index (χ1) is 9.61. The highest BCUT2D eigenvalue weighted by molar-refractivity contribution is 5.85. The third-order valence-electron chi connectivity index (χ3n) is 3.85. The summed E-state index contributed by atoms with van der Waals surface area (Å²) in [4.78, 5) is 2.49. The molecule has 0 radical (unpaired) electrons. The molecule has 120 valence electrons. The van der Waals surface area contributed by atoms with Crippen LogP contribution in [0.4, 0.5) is 4.39 Å². The Balaban J connectivity index is 0.00000220. The largest absolute Gasteiger partial charge is 0.494 e. The van der Waals surface area contributed by atoms with Crippen molar-refractivity contribution in [2.75, 3.05) is 33.3 Å². The van der Waals surface area contributed by atoms with E-state index in [0.717, 1.165) is 38.2 Å². The number of hydrogen-bond donors (Lipinski definition) is 1. The second-order valence-electron chi connectivity index (χ2n) is 5.83. The van der Waals surface area contributed by atoms with Crippen molar-refractivity contribution in [2.45, 2.75) is 26.3 Å². The third kappa shape index (κ3) is 4.83. The van der Waals surface area contributed by atoms with Gasteiger partial charge in [-0.3, -0.25) is 4.90 Å². The molecular formula is C16H26ClFN2O. The van der Waals surface area contributed by atoms with Gasteiger partial charge in [-0.05, 0) is 30.0 Å². The van der Waals surface area contributed by atoms with Crippen LogP contribution in [0.5, 0.6) is 5.75 Å². The molecule has 1 aliphatic rings. The van der Waals surface area contributed by atoms with E-state index in [1.165, 1.54) is 13.2 Å². The normalized spacial score (nSPS) is 17.4. The fourth-order valence-corrected chi connectivity index (χ4v) is 2.82. The third-order valence-corrected chi connectivity index (χ3v) is 3.85. The molecule has 1 aromatic rings. The smallest absolute Gasteiger partial charge is 0.165 e. The lowest BCUT2D eigenvalue weighted by atomic mass is 9.95. The molecule has 0 aromatic heterocycles. The number of halogens is 2. The Bertz CT molecular complexity index is 436. The number of ether oxygens (including phenoxy) is 1. The summed E-state index contributed by atoms with van der Waals surface area (Å²) in [5, 5.41) is 3.38. The monoisotopic (exact) mass is 316 g/mol. The Morgan fingerprint density at radius 2 is 1.95 bits per heavy atom. The molecule has 1 heterocycles. The molecule has 1 aliphatic heterocycles. The van der Waals surface area contributed by atoms with Gasteiger partial charge in [-0.25, -0.2) is 4.39 Å². The maximum absolute atomic E-state index is 13.6. The molecule has 3 nitrogen and oxygen atoms in total. The molecule has 0 saturated carbocycles. The van der Waals surface area contributed by atoms with E-state index < -0.39 is 0 Å².